The molecule has 0 spiro atoms. The molecule has 0 fully saturated rings. The predicted octanol–water partition coefficient (Wildman–Crippen LogP) is 2.22. The van der Waals surface area contributed by atoms with E-state index in [2.05, 4.69) is 27.3 Å². The molecular formula is C10H12BrNOS. The lowest BCUT2D eigenvalue weighted by atomic mass is 10.1. The summed E-state index contributed by atoms with van der Waals surface area (Å²) in [5.74, 6) is 0. The Labute approximate surface area is 94.7 Å². The highest BCUT2D eigenvalue weighted by molar-refractivity contribution is 9.10. The fourth-order valence-electron chi connectivity index (χ4n) is 1.91. The Kier molecular flexibility index (Phi) is 2.77. The molecule has 3 atom stereocenters. The minimum Gasteiger partial charge on any atom is -0.312 e. The molecule has 1 heterocycles. The summed E-state index contributed by atoms with van der Waals surface area (Å²) in [7, 11) is 1.05. The summed E-state index contributed by atoms with van der Waals surface area (Å²) in [4.78, 5) is 0.972. The van der Waals surface area contributed by atoms with Crippen LogP contribution in [0.2, 0.25) is 0 Å². The van der Waals surface area contributed by atoms with E-state index in [0.717, 1.165) is 14.9 Å². The maximum Gasteiger partial charge on any atom is 0.0580 e. The van der Waals surface area contributed by atoms with Crippen molar-refractivity contribution in [3.63, 3.8) is 0 Å². The fourth-order valence-corrected chi connectivity index (χ4v) is 3.84. The lowest BCUT2D eigenvalue weighted by Crippen LogP contribution is -2.24. The maximum absolute atomic E-state index is 11.9. The van der Waals surface area contributed by atoms with Gasteiger partial charge in [0.25, 0.3) is 0 Å². The van der Waals surface area contributed by atoms with Gasteiger partial charge in [-0.2, -0.15) is 0 Å². The molecular weight excluding hydrogens is 262 g/mol. The first kappa shape index (κ1) is 10.3. The van der Waals surface area contributed by atoms with Crippen LogP contribution in [0.15, 0.2) is 27.6 Å². The molecule has 3 unspecified atom stereocenters. The number of halogens is 1. The van der Waals surface area contributed by atoms with Gasteiger partial charge in [0, 0.05) is 15.4 Å². The van der Waals surface area contributed by atoms with Crippen LogP contribution in [0.5, 0.6) is 0 Å². The molecule has 1 aromatic carbocycles. The third-order valence-electron chi connectivity index (χ3n) is 2.64. The number of hydrogen-bond donors (Lipinski definition) is 1. The third kappa shape index (κ3) is 1.45. The molecule has 1 aromatic rings. The zero-order valence-corrected chi connectivity index (χ0v) is 10.5. The highest BCUT2D eigenvalue weighted by atomic mass is 79.9. The lowest BCUT2D eigenvalue weighted by Gasteiger charge is -2.13. The first-order chi connectivity index (χ1) is 6.65. The van der Waals surface area contributed by atoms with Gasteiger partial charge < -0.3 is 5.32 Å². The highest BCUT2D eigenvalue weighted by Gasteiger charge is 2.34. The number of rotatable bonds is 1. The third-order valence-corrected chi connectivity index (χ3v) is 4.89. The van der Waals surface area contributed by atoms with Gasteiger partial charge in [0.2, 0.25) is 0 Å². The highest BCUT2D eigenvalue weighted by Crippen LogP contribution is 2.37. The number of hydrogen-bond acceptors (Lipinski definition) is 2. The van der Waals surface area contributed by atoms with Crippen LogP contribution >= 0.6 is 15.9 Å². The van der Waals surface area contributed by atoms with E-state index >= 15 is 0 Å². The molecule has 1 N–H and O–H groups in total. The monoisotopic (exact) mass is 273 g/mol. The van der Waals surface area contributed by atoms with E-state index < -0.39 is 10.8 Å². The van der Waals surface area contributed by atoms with Crippen molar-refractivity contribution >= 4 is 26.7 Å². The SMILES string of the molecule is CNC1c2cc(Br)ccc2S(=O)C1C. The average molecular weight is 274 g/mol. The van der Waals surface area contributed by atoms with E-state index in [1.54, 1.807) is 0 Å². The van der Waals surface area contributed by atoms with Crippen molar-refractivity contribution in [2.75, 3.05) is 7.05 Å². The van der Waals surface area contributed by atoms with E-state index in [1.807, 2.05) is 26.1 Å². The quantitative estimate of drug-likeness (QED) is 0.850. The van der Waals surface area contributed by atoms with Crippen molar-refractivity contribution in [3.05, 3.63) is 28.2 Å². The van der Waals surface area contributed by atoms with Crippen LogP contribution in [-0.4, -0.2) is 16.5 Å². The van der Waals surface area contributed by atoms with E-state index in [0.29, 0.717) is 0 Å². The number of nitrogens with one attached hydrogen (secondary N) is 1. The van der Waals surface area contributed by atoms with Gasteiger partial charge in [0.1, 0.15) is 0 Å². The van der Waals surface area contributed by atoms with Crippen LogP contribution in [0.4, 0.5) is 0 Å². The summed E-state index contributed by atoms with van der Waals surface area (Å²) < 4.78 is 13.0. The molecule has 2 rings (SSSR count). The zero-order valence-electron chi connectivity index (χ0n) is 8.08. The molecule has 1 aliphatic rings. The predicted molar refractivity (Wildman–Crippen MR) is 61.8 cm³/mol. The summed E-state index contributed by atoms with van der Waals surface area (Å²) in [6.45, 7) is 2.02. The summed E-state index contributed by atoms with van der Waals surface area (Å²) >= 11 is 3.43. The molecule has 1 aliphatic heterocycles. The molecule has 2 nitrogen and oxygen atoms in total. The molecule has 0 amide bonds. The molecule has 4 heteroatoms. The summed E-state index contributed by atoms with van der Waals surface area (Å²) in [6.07, 6.45) is 0. The smallest absolute Gasteiger partial charge is 0.0580 e. The normalized spacial score (nSPS) is 30.4. The van der Waals surface area contributed by atoms with Crippen LogP contribution in [0.1, 0.15) is 18.5 Å². The van der Waals surface area contributed by atoms with Crippen LogP contribution in [0, 0.1) is 0 Å². The molecule has 0 aromatic heterocycles. The molecule has 76 valence electrons. The number of fused-ring (bicyclic) bond motifs is 1. The van der Waals surface area contributed by atoms with Gasteiger partial charge in [-0.15, -0.1) is 0 Å². The van der Waals surface area contributed by atoms with Crippen molar-refractivity contribution < 1.29 is 4.21 Å². The minimum atomic E-state index is -0.864. The molecule has 14 heavy (non-hydrogen) atoms. The molecule has 0 radical (unpaired) electrons. The Bertz CT molecular complexity index is 394. The van der Waals surface area contributed by atoms with E-state index in [4.69, 9.17) is 0 Å². The Morgan fingerprint density at radius 1 is 1.50 bits per heavy atom. The van der Waals surface area contributed by atoms with Crippen molar-refractivity contribution in [1.82, 2.24) is 5.32 Å². The first-order valence-electron chi connectivity index (χ1n) is 4.52. The zero-order chi connectivity index (χ0) is 10.3. The van der Waals surface area contributed by atoms with Crippen LogP contribution < -0.4 is 5.32 Å². The molecule has 0 bridgehead atoms. The first-order valence-corrected chi connectivity index (χ1v) is 6.53. The Balaban J connectivity index is 2.56. The van der Waals surface area contributed by atoms with Gasteiger partial charge in [0.15, 0.2) is 0 Å². The lowest BCUT2D eigenvalue weighted by molar-refractivity contribution is 0.585. The van der Waals surface area contributed by atoms with Gasteiger partial charge in [-0.1, -0.05) is 15.9 Å². The van der Waals surface area contributed by atoms with Crippen molar-refractivity contribution in [3.8, 4) is 0 Å². The molecule has 0 saturated carbocycles. The van der Waals surface area contributed by atoms with Crippen molar-refractivity contribution in [2.24, 2.45) is 0 Å². The Morgan fingerprint density at radius 2 is 2.21 bits per heavy atom. The van der Waals surface area contributed by atoms with Gasteiger partial charge in [0.05, 0.1) is 16.0 Å². The van der Waals surface area contributed by atoms with Gasteiger partial charge in [-0.05, 0) is 37.7 Å². The Hall–Kier alpha value is -0.190. The second-order valence-electron chi connectivity index (χ2n) is 3.45. The topological polar surface area (TPSA) is 29.1 Å². The summed E-state index contributed by atoms with van der Waals surface area (Å²) in [5.41, 5.74) is 1.16. The molecule has 0 aliphatic carbocycles. The molecule has 0 saturated heterocycles. The van der Waals surface area contributed by atoms with Gasteiger partial charge >= 0.3 is 0 Å². The van der Waals surface area contributed by atoms with Gasteiger partial charge in [-0.25, -0.2) is 0 Å². The van der Waals surface area contributed by atoms with E-state index in [9.17, 15) is 4.21 Å². The standard InChI is InChI=1S/C10H12BrNOS/c1-6-10(12-2)8-5-7(11)3-4-9(8)14(6)13/h3-6,10,12H,1-2H3. The minimum absolute atomic E-state index is 0.157. The maximum atomic E-state index is 11.9. The largest absolute Gasteiger partial charge is 0.312 e. The van der Waals surface area contributed by atoms with E-state index in [-0.39, 0.29) is 11.3 Å². The fraction of sp³-hybridized carbons (Fsp3) is 0.400. The summed E-state index contributed by atoms with van der Waals surface area (Å²) in [5, 5.41) is 3.37. The Morgan fingerprint density at radius 3 is 2.86 bits per heavy atom. The van der Waals surface area contributed by atoms with E-state index in [1.165, 1.54) is 0 Å². The van der Waals surface area contributed by atoms with Crippen LogP contribution in [0.25, 0.3) is 0 Å². The van der Waals surface area contributed by atoms with Crippen LogP contribution in [-0.2, 0) is 10.8 Å². The summed E-state index contributed by atoms with van der Waals surface area (Å²) in [6, 6.07) is 6.16. The van der Waals surface area contributed by atoms with Crippen molar-refractivity contribution in [1.29, 1.82) is 0 Å². The van der Waals surface area contributed by atoms with Crippen LogP contribution in [0.3, 0.4) is 0 Å². The number of benzene rings is 1. The van der Waals surface area contributed by atoms with Gasteiger partial charge in [-0.3, -0.25) is 4.21 Å². The second-order valence-corrected chi connectivity index (χ2v) is 6.14. The second kappa shape index (κ2) is 3.76. The average Bonchev–Trinajstić information content (AvgIpc) is 2.39. The van der Waals surface area contributed by atoms with Crippen molar-refractivity contribution in [2.45, 2.75) is 23.1 Å².